The number of aromatic nitrogens is 1. The summed E-state index contributed by atoms with van der Waals surface area (Å²) in [5.74, 6) is -1.53. The fourth-order valence-electron chi connectivity index (χ4n) is 5.92. The molecule has 5 rings (SSSR count). The molecule has 3 saturated heterocycles. The number of pyridine rings is 1. The topological polar surface area (TPSA) is 117 Å². The van der Waals surface area contributed by atoms with Crippen molar-refractivity contribution in [2.45, 2.75) is 75.2 Å². The molecule has 0 N–H and O–H groups in total. The van der Waals surface area contributed by atoms with Gasteiger partial charge in [0.2, 0.25) is 0 Å². The van der Waals surface area contributed by atoms with E-state index in [1.807, 2.05) is 0 Å². The van der Waals surface area contributed by atoms with Crippen molar-refractivity contribution >= 4 is 12.1 Å². The number of carbonyl (C=O) groups is 2. The minimum absolute atomic E-state index is 0. The maximum Gasteiger partial charge on any atom is 1.00 e. The first-order chi connectivity index (χ1) is 17.0. The molecule has 0 unspecified atom stereocenters. The van der Waals surface area contributed by atoms with Gasteiger partial charge in [-0.1, -0.05) is 17.7 Å². The van der Waals surface area contributed by atoms with Gasteiger partial charge in [-0.25, -0.2) is 9.18 Å². The molecule has 37 heavy (non-hydrogen) atoms. The molecule has 11 heteroatoms. The molecule has 1 aromatic rings. The summed E-state index contributed by atoms with van der Waals surface area (Å²) in [7, 11) is 1.61. The number of ether oxygens (including phenoxy) is 4. The minimum atomic E-state index is -1.81. The summed E-state index contributed by atoms with van der Waals surface area (Å²) in [6, 6.07) is 2.55. The van der Waals surface area contributed by atoms with Crippen LogP contribution in [0.15, 0.2) is 30.0 Å². The number of allylic oxidation sites excluding steroid dienone is 1. The van der Waals surface area contributed by atoms with E-state index in [-0.39, 0.29) is 71.5 Å². The van der Waals surface area contributed by atoms with E-state index < -0.39 is 35.5 Å². The van der Waals surface area contributed by atoms with Crippen LogP contribution in [0.5, 0.6) is 0 Å². The van der Waals surface area contributed by atoms with Crippen molar-refractivity contribution in [3.8, 4) is 0 Å². The normalized spacial score (nSPS) is 35.1. The largest absolute Gasteiger partial charge is 1.00 e. The summed E-state index contributed by atoms with van der Waals surface area (Å²) in [6.07, 6.45) is 3.96. The Hall–Kier alpha value is -1.56. The molecule has 9 nitrogen and oxygen atoms in total. The summed E-state index contributed by atoms with van der Waals surface area (Å²) in [5.41, 5.74) is -1.42. The Morgan fingerprint density at radius 1 is 1.32 bits per heavy atom. The average molecular weight is 527 g/mol. The number of alkyl halides is 1. The van der Waals surface area contributed by atoms with E-state index in [0.29, 0.717) is 13.0 Å². The fraction of sp³-hybridized carbons (Fsp3) is 0.654. The van der Waals surface area contributed by atoms with Gasteiger partial charge in [0.25, 0.3) is 0 Å². The van der Waals surface area contributed by atoms with Crippen LogP contribution in [0, 0.1) is 5.92 Å². The first kappa shape index (κ1) is 28.4. The number of methoxy groups -OCH3 is 1. The van der Waals surface area contributed by atoms with Crippen molar-refractivity contribution in [3.63, 3.8) is 0 Å². The molecule has 1 amide bonds. The molecule has 196 valence electrons. The number of hydrogen-bond donors (Lipinski definition) is 0. The van der Waals surface area contributed by atoms with Crippen molar-refractivity contribution in [2.75, 3.05) is 26.8 Å². The standard InChI is InChI=1S/C26H33FN2O7.Na/c1-15(2)5-8-19-24(3,36-19)21-20(33-4)18(9-10-26(21)14-34-26)35-23(32)29-12-25(27,13-29)16-6-7-17(22(30)31)28-11-16;/h5-7,11,18-21H,8-10,12-14H2,1-4H3,(H,30,31);/q;+1/p-1/t18-,19-,20-,21-,24+,26+;/m1./s1. The Morgan fingerprint density at radius 3 is 2.57 bits per heavy atom. The quantitative estimate of drug-likeness (QED) is 0.256. The zero-order chi connectivity index (χ0) is 25.9. The number of carbonyl (C=O) groups excluding carboxylic acids is 2. The van der Waals surface area contributed by atoms with Gasteiger partial charge in [0.15, 0.2) is 5.67 Å². The number of nitrogens with zero attached hydrogens (tertiary/aromatic N) is 2. The summed E-state index contributed by atoms with van der Waals surface area (Å²) < 4.78 is 39.2. The molecule has 1 aliphatic carbocycles. The van der Waals surface area contributed by atoms with Crippen LogP contribution in [0.3, 0.4) is 0 Å². The summed E-state index contributed by atoms with van der Waals surface area (Å²) >= 11 is 0. The van der Waals surface area contributed by atoms with E-state index in [1.54, 1.807) is 7.11 Å². The number of carboxylic acid groups (broad SMARTS) is 1. The third kappa shape index (κ3) is 5.21. The van der Waals surface area contributed by atoms with Crippen LogP contribution >= 0.6 is 0 Å². The van der Waals surface area contributed by atoms with E-state index in [1.165, 1.54) is 22.6 Å². The number of amides is 1. The summed E-state index contributed by atoms with van der Waals surface area (Å²) in [4.78, 5) is 28.8. The molecule has 4 fully saturated rings. The van der Waals surface area contributed by atoms with Crippen LogP contribution in [-0.2, 0) is 24.6 Å². The van der Waals surface area contributed by atoms with Gasteiger partial charge < -0.3 is 33.7 Å². The SMILES string of the molecule is CO[C@@H]1[C@H](OC(=O)N2CC(F)(c3ccc(C(=O)[O-])nc3)C2)CC[C@]2(CO2)[C@H]1[C@@]1(C)O[C@@H]1CC=C(C)C.[Na+]. The van der Waals surface area contributed by atoms with Crippen LogP contribution in [0.1, 0.15) is 56.1 Å². The van der Waals surface area contributed by atoms with Crippen molar-refractivity contribution in [3.05, 3.63) is 41.2 Å². The van der Waals surface area contributed by atoms with Crippen molar-refractivity contribution in [1.29, 1.82) is 0 Å². The minimum Gasteiger partial charge on any atom is -0.543 e. The first-order valence-electron chi connectivity index (χ1n) is 12.3. The molecule has 0 radical (unpaired) electrons. The van der Waals surface area contributed by atoms with E-state index >= 15 is 4.39 Å². The van der Waals surface area contributed by atoms with E-state index in [9.17, 15) is 14.7 Å². The van der Waals surface area contributed by atoms with Gasteiger partial charge in [0.05, 0.1) is 43.4 Å². The van der Waals surface area contributed by atoms with Crippen molar-refractivity contribution in [1.82, 2.24) is 9.88 Å². The van der Waals surface area contributed by atoms with Gasteiger partial charge in [-0.2, -0.15) is 0 Å². The van der Waals surface area contributed by atoms with Gasteiger partial charge in [-0.3, -0.25) is 4.98 Å². The Kier molecular flexibility index (Phi) is 7.84. The van der Waals surface area contributed by atoms with Gasteiger partial charge in [0.1, 0.15) is 23.4 Å². The molecule has 6 atom stereocenters. The Labute approximate surface area is 238 Å². The molecular weight excluding hydrogens is 494 g/mol. The molecule has 0 aromatic carbocycles. The van der Waals surface area contributed by atoms with Gasteiger partial charge in [0, 0.05) is 18.9 Å². The first-order valence-corrected chi connectivity index (χ1v) is 12.3. The number of likely N-dealkylation sites (tertiary alicyclic amines) is 1. The third-order valence-corrected chi connectivity index (χ3v) is 8.12. The average Bonchev–Trinajstić information content (AvgIpc) is 3.73. The molecule has 1 saturated carbocycles. The molecule has 4 heterocycles. The Bertz CT molecular complexity index is 1070. The molecule has 1 spiro atoms. The maximum atomic E-state index is 15.3. The number of epoxide rings is 2. The molecule has 3 aliphatic heterocycles. The third-order valence-electron chi connectivity index (χ3n) is 8.12. The van der Waals surface area contributed by atoms with Gasteiger partial charge >= 0.3 is 35.7 Å². The predicted molar refractivity (Wildman–Crippen MR) is 123 cm³/mol. The van der Waals surface area contributed by atoms with Crippen LogP contribution in [0.2, 0.25) is 0 Å². The zero-order valence-corrected chi connectivity index (χ0v) is 24.0. The Morgan fingerprint density at radius 2 is 2.03 bits per heavy atom. The van der Waals surface area contributed by atoms with E-state index in [2.05, 4.69) is 31.8 Å². The van der Waals surface area contributed by atoms with Crippen LogP contribution in [-0.4, -0.2) is 78.3 Å². The molecule has 0 bridgehead atoms. The number of carboxylic acids is 1. The second kappa shape index (κ2) is 10.2. The smallest absolute Gasteiger partial charge is 0.543 e. The van der Waals surface area contributed by atoms with Crippen molar-refractivity contribution in [2.24, 2.45) is 5.92 Å². The maximum absolute atomic E-state index is 15.3. The van der Waals surface area contributed by atoms with Crippen LogP contribution < -0.4 is 34.7 Å². The monoisotopic (exact) mass is 526 g/mol. The number of hydrogen-bond acceptors (Lipinski definition) is 8. The van der Waals surface area contributed by atoms with Gasteiger partial charge in [-0.05, 0) is 46.1 Å². The Balaban J connectivity index is 0.00000320. The molecule has 1 aromatic heterocycles. The van der Waals surface area contributed by atoms with Crippen LogP contribution in [0.4, 0.5) is 9.18 Å². The summed E-state index contributed by atoms with van der Waals surface area (Å²) in [6.45, 7) is 6.41. The fourth-order valence-corrected chi connectivity index (χ4v) is 5.92. The van der Waals surface area contributed by atoms with E-state index in [4.69, 9.17) is 18.9 Å². The zero-order valence-electron chi connectivity index (χ0n) is 22.0. The van der Waals surface area contributed by atoms with Crippen molar-refractivity contribution < 1.29 is 67.6 Å². The molecular formula is C26H32FN2NaO7. The number of halogens is 1. The molecule has 4 aliphatic rings. The second-order valence-corrected chi connectivity index (χ2v) is 10.8. The van der Waals surface area contributed by atoms with Crippen LogP contribution in [0.25, 0.3) is 0 Å². The van der Waals surface area contributed by atoms with Gasteiger partial charge in [-0.15, -0.1) is 0 Å². The number of aromatic carboxylic acids is 1. The second-order valence-electron chi connectivity index (χ2n) is 10.8. The predicted octanol–water partition coefficient (Wildman–Crippen LogP) is -0.857. The summed E-state index contributed by atoms with van der Waals surface area (Å²) in [5, 5.41) is 10.9. The number of rotatable bonds is 7. The van der Waals surface area contributed by atoms with E-state index in [0.717, 1.165) is 19.0 Å².